The Morgan fingerprint density at radius 2 is 2.11 bits per heavy atom. The van der Waals surface area contributed by atoms with Gasteiger partial charge in [-0.3, -0.25) is 0 Å². The second-order valence-corrected chi connectivity index (χ2v) is 6.42. The van der Waals surface area contributed by atoms with Gasteiger partial charge >= 0.3 is 116 Å². The van der Waals surface area contributed by atoms with E-state index in [0.29, 0.717) is 21.1 Å². The molecule has 18 heavy (non-hydrogen) atoms. The Kier molecular flexibility index (Phi) is 5.39. The third-order valence-electron chi connectivity index (χ3n) is 2.68. The van der Waals surface area contributed by atoms with Crippen molar-refractivity contribution < 1.29 is 4.74 Å². The molecule has 0 spiro atoms. The molecule has 0 saturated heterocycles. The topological polar surface area (TPSA) is 9.23 Å². The van der Waals surface area contributed by atoms with Crippen molar-refractivity contribution in [1.29, 1.82) is 0 Å². The summed E-state index contributed by atoms with van der Waals surface area (Å²) in [7, 11) is 0. The van der Waals surface area contributed by atoms with Gasteiger partial charge in [-0.2, -0.15) is 0 Å². The van der Waals surface area contributed by atoms with Gasteiger partial charge in [-0.1, -0.05) is 0 Å². The van der Waals surface area contributed by atoms with Crippen molar-refractivity contribution in [1.82, 2.24) is 0 Å². The summed E-state index contributed by atoms with van der Waals surface area (Å²) >= 11 is 0.325. The van der Waals surface area contributed by atoms with Gasteiger partial charge in [0.25, 0.3) is 0 Å². The molecular weight excluding hydrogens is 287 g/mol. The predicted molar refractivity (Wildman–Crippen MR) is 76.7 cm³/mol. The normalized spacial score (nSPS) is 17.6. The molecule has 2 heteroatoms. The second kappa shape index (κ2) is 7.31. The molecule has 0 N–H and O–H groups in total. The van der Waals surface area contributed by atoms with Crippen LogP contribution in [0.5, 0.6) is 0 Å². The first-order valence-electron chi connectivity index (χ1n) is 6.44. The van der Waals surface area contributed by atoms with Gasteiger partial charge in [-0.05, 0) is 0 Å². The van der Waals surface area contributed by atoms with Crippen LogP contribution in [-0.2, 0) is 4.74 Å². The van der Waals surface area contributed by atoms with Crippen LogP contribution in [0.4, 0.5) is 0 Å². The average Bonchev–Trinajstić information content (AvgIpc) is 2.84. The van der Waals surface area contributed by atoms with E-state index in [4.69, 9.17) is 4.74 Å². The molecule has 0 saturated carbocycles. The zero-order chi connectivity index (χ0) is 12.6. The molecule has 0 bridgehead atoms. The van der Waals surface area contributed by atoms with Gasteiger partial charge in [0.1, 0.15) is 0 Å². The molecule has 1 aliphatic rings. The standard InChI is InChI=1S/C16H18OSe/c1-2-3-4-6-9-14-12-13-16(17-14)18-15-10-7-5-8-11-15/h5,7-8,10-11,13-14H,2,6,9,12H2,1H3. The summed E-state index contributed by atoms with van der Waals surface area (Å²) in [5.74, 6) is 6.28. The molecule has 1 aliphatic heterocycles. The van der Waals surface area contributed by atoms with Crippen LogP contribution >= 0.6 is 0 Å². The van der Waals surface area contributed by atoms with Gasteiger partial charge in [-0.15, -0.1) is 0 Å². The number of hydrogen-bond acceptors (Lipinski definition) is 1. The number of benzene rings is 1. The first-order valence-corrected chi connectivity index (χ1v) is 8.15. The number of ether oxygens (including phenoxy) is 1. The van der Waals surface area contributed by atoms with E-state index < -0.39 is 0 Å². The zero-order valence-corrected chi connectivity index (χ0v) is 12.4. The monoisotopic (exact) mass is 306 g/mol. The fraction of sp³-hybridized carbons (Fsp3) is 0.375. The summed E-state index contributed by atoms with van der Waals surface area (Å²) in [5, 5.41) is 0. The molecule has 94 valence electrons. The van der Waals surface area contributed by atoms with Crippen molar-refractivity contribution in [3.05, 3.63) is 41.1 Å². The summed E-state index contributed by atoms with van der Waals surface area (Å²) in [6.07, 6.45) is 6.63. The maximum atomic E-state index is 5.97. The van der Waals surface area contributed by atoms with Crippen molar-refractivity contribution in [2.45, 2.75) is 38.7 Å². The summed E-state index contributed by atoms with van der Waals surface area (Å²) in [6, 6.07) is 10.6. The molecule has 1 aromatic carbocycles. The van der Waals surface area contributed by atoms with Crippen molar-refractivity contribution in [2.75, 3.05) is 0 Å². The SMILES string of the molecule is CCC#CCCC1CC=C([Se]c2ccccc2)O1. The second-order valence-electron chi connectivity index (χ2n) is 4.16. The Bertz CT molecular complexity index is 453. The Balaban J connectivity index is 1.74. The third-order valence-corrected chi connectivity index (χ3v) is 4.72. The Morgan fingerprint density at radius 3 is 2.89 bits per heavy atom. The molecule has 1 aromatic rings. The van der Waals surface area contributed by atoms with Crippen LogP contribution < -0.4 is 4.46 Å². The fourth-order valence-corrected chi connectivity index (χ4v) is 3.65. The maximum absolute atomic E-state index is 5.97. The van der Waals surface area contributed by atoms with Gasteiger partial charge in [0.15, 0.2) is 0 Å². The third kappa shape index (κ3) is 4.26. The Hall–Kier alpha value is -1.16. The molecule has 1 atom stereocenters. The van der Waals surface area contributed by atoms with Crippen LogP contribution in [-0.4, -0.2) is 21.1 Å². The van der Waals surface area contributed by atoms with E-state index in [-0.39, 0.29) is 0 Å². The van der Waals surface area contributed by atoms with Crippen molar-refractivity contribution in [3.8, 4) is 11.8 Å². The van der Waals surface area contributed by atoms with Crippen molar-refractivity contribution >= 4 is 19.4 Å². The molecule has 1 nitrogen and oxygen atoms in total. The quantitative estimate of drug-likeness (QED) is 0.614. The van der Waals surface area contributed by atoms with Crippen LogP contribution in [0.1, 0.15) is 32.6 Å². The van der Waals surface area contributed by atoms with Gasteiger partial charge in [-0.25, -0.2) is 0 Å². The zero-order valence-electron chi connectivity index (χ0n) is 10.7. The minimum absolute atomic E-state index is 0.325. The van der Waals surface area contributed by atoms with E-state index in [2.05, 4.69) is 55.2 Å². The summed E-state index contributed by atoms with van der Waals surface area (Å²) < 4.78 is 8.53. The minimum atomic E-state index is 0.325. The van der Waals surface area contributed by atoms with Crippen molar-refractivity contribution in [3.63, 3.8) is 0 Å². The van der Waals surface area contributed by atoms with E-state index >= 15 is 0 Å². The van der Waals surface area contributed by atoms with Crippen LogP contribution in [0.2, 0.25) is 0 Å². The summed E-state index contributed by atoms with van der Waals surface area (Å²) in [4.78, 5) is 0. The summed E-state index contributed by atoms with van der Waals surface area (Å²) in [5.41, 5.74) is 0. The molecule has 0 radical (unpaired) electrons. The molecular formula is C16H18OSe. The average molecular weight is 305 g/mol. The first kappa shape index (κ1) is 13.3. The molecule has 1 heterocycles. The molecule has 1 unspecified atom stereocenters. The molecule has 0 aliphatic carbocycles. The molecule has 0 fully saturated rings. The van der Waals surface area contributed by atoms with E-state index in [1.54, 1.807) is 0 Å². The molecule has 0 aromatic heterocycles. The Labute approximate surface area is 116 Å². The van der Waals surface area contributed by atoms with Crippen LogP contribution in [0.25, 0.3) is 0 Å². The van der Waals surface area contributed by atoms with E-state index in [9.17, 15) is 0 Å². The van der Waals surface area contributed by atoms with E-state index in [1.807, 2.05) is 0 Å². The van der Waals surface area contributed by atoms with Crippen LogP contribution in [0.15, 0.2) is 41.1 Å². The summed E-state index contributed by atoms with van der Waals surface area (Å²) in [6.45, 7) is 2.08. The predicted octanol–water partition coefficient (Wildman–Crippen LogP) is 2.84. The van der Waals surface area contributed by atoms with Gasteiger partial charge in [0, 0.05) is 0 Å². The molecule has 2 rings (SSSR count). The number of hydrogen-bond donors (Lipinski definition) is 0. The molecule has 0 amide bonds. The fourth-order valence-electron chi connectivity index (χ4n) is 1.78. The van der Waals surface area contributed by atoms with Crippen molar-refractivity contribution in [2.24, 2.45) is 0 Å². The Morgan fingerprint density at radius 1 is 1.28 bits per heavy atom. The van der Waals surface area contributed by atoms with Crippen LogP contribution in [0, 0.1) is 11.8 Å². The van der Waals surface area contributed by atoms with E-state index in [1.165, 1.54) is 9.12 Å². The van der Waals surface area contributed by atoms with Gasteiger partial charge in [0.05, 0.1) is 0 Å². The van der Waals surface area contributed by atoms with Gasteiger partial charge < -0.3 is 0 Å². The first-order chi connectivity index (χ1) is 8.88. The van der Waals surface area contributed by atoms with Crippen LogP contribution in [0.3, 0.4) is 0 Å². The van der Waals surface area contributed by atoms with E-state index in [0.717, 1.165) is 25.7 Å². The van der Waals surface area contributed by atoms with Gasteiger partial charge in [0.2, 0.25) is 0 Å². The number of rotatable bonds is 4.